The first-order valence-electron chi connectivity index (χ1n) is 10.7. The summed E-state index contributed by atoms with van der Waals surface area (Å²) in [4.78, 5) is 27.9. The highest BCUT2D eigenvalue weighted by Crippen LogP contribution is 2.46. The van der Waals surface area contributed by atoms with Crippen LogP contribution in [0.3, 0.4) is 0 Å². The number of ether oxygens (including phenoxy) is 3. The summed E-state index contributed by atoms with van der Waals surface area (Å²) in [6.45, 7) is 0.179. The van der Waals surface area contributed by atoms with Gasteiger partial charge in [-0.25, -0.2) is 0 Å². The second-order valence-electron chi connectivity index (χ2n) is 7.74. The summed E-state index contributed by atoms with van der Waals surface area (Å²) in [6, 6.07) is 20.6. The number of rotatable bonds is 7. The van der Waals surface area contributed by atoms with Gasteiger partial charge in [0.1, 0.15) is 5.76 Å². The van der Waals surface area contributed by atoms with E-state index in [9.17, 15) is 14.7 Å². The normalized spacial score (nSPS) is 17.0. The summed E-state index contributed by atoms with van der Waals surface area (Å²) < 4.78 is 16.4. The van der Waals surface area contributed by atoms with Crippen LogP contribution < -0.4 is 14.2 Å². The molecule has 7 nitrogen and oxygen atoms in total. The number of aliphatic hydroxyl groups excluding tert-OH is 1. The van der Waals surface area contributed by atoms with Gasteiger partial charge in [-0.2, -0.15) is 0 Å². The van der Waals surface area contributed by atoms with Crippen molar-refractivity contribution in [3.05, 3.63) is 95.1 Å². The summed E-state index contributed by atoms with van der Waals surface area (Å²) in [5.74, 6) is -0.551. The fourth-order valence-corrected chi connectivity index (χ4v) is 4.18. The summed E-state index contributed by atoms with van der Waals surface area (Å²) in [7, 11) is 4.48. The zero-order valence-electron chi connectivity index (χ0n) is 19.1. The molecule has 1 unspecified atom stereocenters. The number of ketones is 1. The van der Waals surface area contributed by atoms with Crippen LogP contribution >= 0.6 is 0 Å². The van der Waals surface area contributed by atoms with Crippen LogP contribution in [0, 0.1) is 0 Å². The molecule has 0 bridgehead atoms. The van der Waals surface area contributed by atoms with Crippen LogP contribution in [0.15, 0.2) is 78.4 Å². The van der Waals surface area contributed by atoms with E-state index in [1.54, 1.807) is 36.4 Å². The molecule has 0 radical (unpaired) electrons. The summed E-state index contributed by atoms with van der Waals surface area (Å²) >= 11 is 0. The molecule has 4 rings (SSSR count). The number of carbonyl (C=O) groups excluding carboxylic acids is 2. The Bertz CT molecular complexity index is 1210. The Morgan fingerprint density at radius 2 is 1.41 bits per heavy atom. The van der Waals surface area contributed by atoms with Crippen molar-refractivity contribution in [2.75, 3.05) is 21.3 Å². The third kappa shape index (κ3) is 4.08. The van der Waals surface area contributed by atoms with Gasteiger partial charge < -0.3 is 24.2 Å². The molecule has 174 valence electrons. The molecule has 0 aliphatic carbocycles. The fraction of sp³-hybridized carbons (Fsp3) is 0.185. The number of benzene rings is 3. The van der Waals surface area contributed by atoms with E-state index in [2.05, 4.69) is 0 Å². The van der Waals surface area contributed by atoms with Crippen molar-refractivity contribution in [3.63, 3.8) is 0 Å². The van der Waals surface area contributed by atoms with E-state index >= 15 is 0 Å². The third-order valence-corrected chi connectivity index (χ3v) is 5.79. The lowest BCUT2D eigenvalue weighted by molar-refractivity contribution is -0.140. The van der Waals surface area contributed by atoms with Gasteiger partial charge in [0.25, 0.3) is 11.7 Å². The van der Waals surface area contributed by atoms with Crippen molar-refractivity contribution in [3.8, 4) is 17.2 Å². The zero-order valence-corrected chi connectivity index (χ0v) is 19.1. The van der Waals surface area contributed by atoms with E-state index in [0.29, 0.717) is 28.4 Å². The molecule has 1 saturated heterocycles. The monoisotopic (exact) mass is 459 g/mol. The largest absolute Gasteiger partial charge is 0.507 e. The van der Waals surface area contributed by atoms with Crippen molar-refractivity contribution < 1.29 is 28.9 Å². The predicted molar refractivity (Wildman–Crippen MR) is 127 cm³/mol. The maximum Gasteiger partial charge on any atom is 0.295 e. The smallest absolute Gasteiger partial charge is 0.295 e. The van der Waals surface area contributed by atoms with Crippen molar-refractivity contribution >= 4 is 17.4 Å². The van der Waals surface area contributed by atoms with Gasteiger partial charge in [-0.05, 0) is 23.3 Å². The Labute approximate surface area is 197 Å². The minimum absolute atomic E-state index is 0.00130. The topological polar surface area (TPSA) is 85.3 Å². The van der Waals surface area contributed by atoms with Crippen LogP contribution in [0.1, 0.15) is 22.7 Å². The highest BCUT2D eigenvalue weighted by Gasteiger charge is 2.46. The van der Waals surface area contributed by atoms with E-state index in [1.165, 1.54) is 26.2 Å². The van der Waals surface area contributed by atoms with Crippen molar-refractivity contribution in [1.29, 1.82) is 0 Å². The number of carbonyl (C=O) groups is 2. The third-order valence-electron chi connectivity index (χ3n) is 5.79. The Hall–Kier alpha value is -4.26. The molecule has 1 aliphatic rings. The number of hydrogen-bond acceptors (Lipinski definition) is 6. The molecular formula is C27H25NO6. The lowest BCUT2D eigenvalue weighted by Crippen LogP contribution is -2.29. The van der Waals surface area contributed by atoms with Gasteiger partial charge in [0.05, 0.1) is 32.9 Å². The number of amides is 1. The van der Waals surface area contributed by atoms with Gasteiger partial charge in [-0.15, -0.1) is 0 Å². The van der Waals surface area contributed by atoms with Crippen LogP contribution in [0.4, 0.5) is 0 Å². The molecule has 1 heterocycles. The minimum atomic E-state index is -0.867. The minimum Gasteiger partial charge on any atom is -0.507 e. The Morgan fingerprint density at radius 1 is 0.853 bits per heavy atom. The summed E-state index contributed by atoms with van der Waals surface area (Å²) in [5, 5.41) is 11.2. The number of methoxy groups -OCH3 is 3. The molecule has 1 N–H and O–H groups in total. The van der Waals surface area contributed by atoms with E-state index in [4.69, 9.17) is 14.2 Å². The summed E-state index contributed by atoms with van der Waals surface area (Å²) in [5.41, 5.74) is 1.84. The van der Waals surface area contributed by atoms with Crippen LogP contribution in [0.25, 0.3) is 5.76 Å². The molecule has 34 heavy (non-hydrogen) atoms. The molecule has 1 atom stereocenters. The van der Waals surface area contributed by atoms with Crippen molar-refractivity contribution in [2.24, 2.45) is 0 Å². The molecule has 1 aliphatic heterocycles. The van der Waals surface area contributed by atoms with Gasteiger partial charge in [0.15, 0.2) is 11.5 Å². The molecule has 0 aromatic heterocycles. The van der Waals surface area contributed by atoms with Crippen molar-refractivity contribution in [1.82, 2.24) is 4.90 Å². The molecular weight excluding hydrogens is 434 g/mol. The second-order valence-corrected chi connectivity index (χ2v) is 7.74. The average Bonchev–Trinajstić information content (AvgIpc) is 3.13. The number of Topliss-reactive ketones (excluding diaryl/α,β-unsaturated/α-hetero) is 1. The quantitative estimate of drug-likeness (QED) is 0.322. The number of nitrogens with zero attached hydrogens (tertiary/aromatic N) is 1. The predicted octanol–water partition coefficient (Wildman–Crippen LogP) is 4.33. The second kappa shape index (κ2) is 9.70. The highest BCUT2D eigenvalue weighted by atomic mass is 16.5. The lowest BCUT2D eigenvalue weighted by Gasteiger charge is -2.26. The molecule has 3 aromatic rings. The van der Waals surface area contributed by atoms with E-state index in [-0.39, 0.29) is 17.9 Å². The fourth-order valence-electron chi connectivity index (χ4n) is 4.18. The summed E-state index contributed by atoms with van der Waals surface area (Å²) in [6.07, 6.45) is 0. The van der Waals surface area contributed by atoms with Gasteiger partial charge in [0.2, 0.25) is 5.75 Å². The van der Waals surface area contributed by atoms with E-state index in [0.717, 1.165) is 5.56 Å². The SMILES string of the molecule is COc1cc(C2C(=C(O)c3ccccc3)C(=O)C(=O)N2Cc2ccccc2)cc(OC)c1OC. The average molecular weight is 459 g/mol. The van der Waals surface area contributed by atoms with Crippen LogP contribution in [-0.2, 0) is 16.1 Å². The van der Waals surface area contributed by atoms with Gasteiger partial charge in [0, 0.05) is 12.1 Å². The maximum absolute atomic E-state index is 13.2. The van der Waals surface area contributed by atoms with Gasteiger partial charge >= 0.3 is 0 Å². The molecule has 1 fully saturated rings. The molecule has 0 spiro atoms. The van der Waals surface area contributed by atoms with Gasteiger partial charge in [-0.3, -0.25) is 9.59 Å². The van der Waals surface area contributed by atoms with Crippen LogP contribution in [0.5, 0.6) is 17.2 Å². The molecule has 3 aromatic carbocycles. The highest BCUT2D eigenvalue weighted by molar-refractivity contribution is 6.46. The first-order valence-corrected chi connectivity index (χ1v) is 10.7. The van der Waals surface area contributed by atoms with E-state index < -0.39 is 17.7 Å². The van der Waals surface area contributed by atoms with Crippen LogP contribution in [0.2, 0.25) is 0 Å². The molecule has 1 amide bonds. The maximum atomic E-state index is 13.2. The number of hydrogen-bond donors (Lipinski definition) is 1. The molecule has 0 saturated carbocycles. The zero-order chi connectivity index (χ0) is 24.2. The Morgan fingerprint density at radius 3 is 1.94 bits per heavy atom. The van der Waals surface area contributed by atoms with Crippen LogP contribution in [-0.4, -0.2) is 43.0 Å². The Balaban J connectivity index is 1.94. The first-order chi connectivity index (χ1) is 16.5. The number of likely N-dealkylation sites (tertiary alicyclic amines) is 1. The number of aliphatic hydroxyl groups is 1. The Kier molecular flexibility index (Phi) is 6.54. The standard InChI is InChI=1S/C27H25NO6/c1-32-20-14-19(15-21(33-2)26(20)34-3)23-22(24(29)18-12-8-5-9-13-18)25(30)27(31)28(23)16-17-10-6-4-7-11-17/h4-15,23,29H,16H2,1-3H3. The van der Waals surface area contributed by atoms with Gasteiger partial charge in [-0.1, -0.05) is 60.7 Å². The van der Waals surface area contributed by atoms with E-state index in [1.807, 2.05) is 36.4 Å². The molecule has 7 heteroatoms. The lowest BCUT2D eigenvalue weighted by atomic mass is 9.94. The first kappa shape index (κ1) is 22.9. The van der Waals surface area contributed by atoms with Crippen molar-refractivity contribution in [2.45, 2.75) is 12.6 Å².